The minimum Gasteiger partial charge on any atom is -0.388 e. The normalized spacial score (nSPS) is 47.0. The predicted molar refractivity (Wildman–Crippen MR) is 61.6 cm³/mol. The van der Waals surface area contributed by atoms with Crippen LogP contribution < -0.4 is 11.1 Å². The molecule has 3 unspecified atom stereocenters. The number of hydrogen-bond donors (Lipinski definition) is 3. The largest absolute Gasteiger partial charge is 0.388 e. The van der Waals surface area contributed by atoms with E-state index >= 15 is 0 Å². The summed E-state index contributed by atoms with van der Waals surface area (Å²) in [5, 5.41) is 14.0. The Kier molecular flexibility index (Phi) is 3.06. The van der Waals surface area contributed by atoms with Gasteiger partial charge >= 0.3 is 0 Å². The second-order valence-corrected chi connectivity index (χ2v) is 5.64. The average molecular weight is 212 g/mol. The lowest BCUT2D eigenvalue weighted by Gasteiger charge is -2.49. The summed E-state index contributed by atoms with van der Waals surface area (Å²) in [5.41, 5.74) is 5.41. The molecule has 2 fully saturated rings. The van der Waals surface area contributed by atoms with Crippen molar-refractivity contribution in [1.82, 2.24) is 5.32 Å². The van der Waals surface area contributed by atoms with Gasteiger partial charge in [-0.15, -0.1) is 0 Å². The first-order valence-corrected chi connectivity index (χ1v) is 6.25. The van der Waals surface area contributed by atoms with Crippen molar-refractivity contribution in [3.63, 3.8) is 0 Å². The highest BCUT2D eigenvalue weighted by Gasteiger charge is 2.51. The highest BCUT2D eigenvalue weighted by atomic mass is 16.3. The van der Waals surface area contributed by atoms with Crippen LogP contribution in [0.4, 0.5) is 0 Å². The summed E-state index contributed by atoms with van der Waals surface area (Å²) in [5.74, 6) is 0.715. The lowest BCUT2D eigenvalue weighted by Crippen LogP contribution is -2.55. The molecular weight excluding hydrogens is 188 g/mol. The van der Waals surface area contributed by atoms with Crippen LogP contribution in [-0.2, 0) is 0 Å². The topological polar surface area (TPSA) is 58.3 Å². The summed E-state index contributed by atoms with van der Waals surface area (Å²) < 4.78 is 0. The molecule has 0 aromatic heterocycles. The molecular formula is C12H24N2O. The molecule has 1 saturated heterocycles. The molecule has 15 heavy (non-hydrogen) atoms. The van der Waals surface area contributed by atoms with Gasteiger partial charge in [-0.1, -0.05) is 19.8 Å². The van der Waals surface area contributed by atoms with E-state index in [1.54, 1.807) is 0 Å². The summed E-state index contributed by atoms with van der Waals surface area (Å²) >= 11 is 0. The molecule has 0 spiro atoms. The van der Waals surface area contributed by atoms with Gasteiger partial charge in [0.15, 0.2) is 0 Å². The Morgan fingerprint density at radius 1 is 1.47 bits per heavy atom. The SMILES string of the molecule is CC1CCCC(CN)(C2(O)CCNC2)C1. The second kappa shape index (κ2) is 4.04. The van der Waals surface area contributed by atoms with Crippen LogP contribution in [0, 0.1) is 11.3 Å². The maximum absolute atomic E-state index is 10.7. The van der Waals surface area contributed by atoms with E-state index < -0.39 is 5.60 Å². The first kappa shape index (κ1) is 11.4. The van der Waals surface area contributed by atoms with E-state index in [9.17, 15) is 5.11 Å². The highest BCUT2D eigenvalue weighted by Crippen LogP contribution is 2.48. The van der Waals surface area contributed by atoms with Crippen molar-refractivity contribution in [3.8, 4) is 0 Å². The van der Waals surface area contributed by atoms with Crippen LogP contribution in [0.3, 0.4) is 0 Å². The second-order valence-electron chi connectivity index (χ2n) is 5.64. The minimum absolute atomic E-state index is 0.0197. The number of nitrogens with one attached hydrogen (secondary N) is 1. The Labute approximate surface area is 92.4 Å². The van der Waals surface area contributed by atoms with E-state index in [-0.39, 0.29) is 5.41 Å². The monoisotopic (exact) mass is 212 g/mol. The van der Waals surface area contributed by atoms with Gasteiger partial charge in [0.25, 0.3) is 0 Å². The minimum atomic E-state index is -0.545. The fourth-order valence-corrected chi connectivity index (χ4v) is 3.59. The van der Waals surface area contributed by atoms with Gasteiger partial charge in [0.2, 0.25) is 0 Å². The molecule has 0 bridgehead atoms. The summed E-state index contributed by atoms with van der Waals surface area (Å²) in [4.78, 5) is 0. The lowest BCUT2D eigenvalue weighted by molar-refractivity contribution is -0.0927. The molecule has 4 N–H and O–H groups in total. The van der Waals surface area contributed by atoms with Crippen molar-refractivity contribution in [3.05, 3.63) is 0 Å². The van der Waals surface area contributed by atoms with E-state index in [2.05, 4.69) is 12.2 Å². The van der Waals surface area contributed by atoms with Gasteiger partial charge in [0.05, 0.1) is 5.60 Å². The number of hydrogen-bond acceptors (Lipinski definition) is 3. The summed E-state index contributed by atoms with van der Waals surface area (Å²) in [6.45, 7) is 4.59. The molecule has 0 aromatic carbocycles. The molecule has 2 aliphatic rings. The zero-order valence-electron chi connectivity index (χ0n) is 9.76. The van der Waals surface area contributed by atoms with Gasteiger partial charge in [-0.25, -0.2) is 0 Å². The summed E-state index contributed by atoms with van der Waals surface area (Å²) in [7, 11) is 0. The molecule has 3 atom stereocenters. The standard InChI is InChI=1S/C12H24N2O/c1-10-3-2-4-11(7-10,8-13)12(15)5-6-14-9-12/h10,14-15H,2-9,13H2,1H3. The summed E-state index contributed by atoms with van der Waals surface area (Å²) in [6.07, 6.45) is 5.59. The van der Waals surface area contributed by atoms with E-state index in [0.29, 0.717) is 12.5 Å². The number of β-amino-alcohol motifs (C(OH)–C–C–N with tert-alkyl or cyclic N) is 1. The van der Waals surface area contributed by atoms with E-state index in [0.717, 1.165) is 32.4 Å². The van der Waals surface area contributed by atoms with Crippen molar-refractivity contribution >= 4 is 0 Å². The number of rotatable bonds is 2. The van der Waals surface area contributed by atoms with Crippen LogP contribution in [0.5, 0.6) is 0 Å². The molecule has 1 aliphatic heterocycles. The zero-order chi connectivity index (χ0) is 10.9. The van der Waals surface area contributed by atoms with E-state index in [4.69, 9.17) is 5.73 Å². The van der Waals surface area contributed by atoms with Gasteiger partial charge in [-0.2, -0.15) is 0 Å². The van der Waals surface area contributed by atoms with Crippen molar-refractivity contribution in [2.75, 3.05) is 19.6 Å². The first-order valence-electron chi connectivity index (χ1n) is 6.25. The molecule has 3 nitrogen and oxygen atoms in total. The van der Waals surface area contributed by atoms with Crippen LogP contribution in [0.25, 0.3) is 0 Å². The van der Waals surface area contributed by atoms with Crippen molar-refractivity contribution in [1.29, 1.82) is 0 Å². The third kappa shape index (κ3) is 1.81. The van der Waals surface area contributed by atoms with Crippen LogP contribution in [0.2, 0.25) is 0 Å². The molecule has 2 rings (SSSR count). The van der Waals surface area contributed by atoms with Crippen LogP contribution in [-0.4, -0.2) is 30.3 Å². The van der Waals surface area contributed by atoms with Crippen LogP contribution >= 0.6 is 0 Å². The maximum Gasteiger partial charge on any atom is 0.0851 e. The molecule has 3 heteroatoms. The Hall–Kier alpha value is -0.120. The zero-order valence-corrected chi connectivity index (χ0v) is 9.76. The third-order valence-electron chi connectivity index (χ3n) is 4.60. The molecule has 0 amide bonds. The Bertz CT molecular complexity index is 226. The van der Waals surface area contributed by atoms with Crippen molar-refractivity contribution in [2.24, 2.45) is 17.1 Å². The van der Waals surface area contributed by atoms with Gasteiger partial charge in [-0.05, 0) is 31.7 Å². The van der Waals surface area contributed by atoms with Gasteiger partial charge < -0.3 is 16.2 Å². The molecule has 88 valence electrons. The van der Waals surface area contributed by atoms with E-state index in [1.165, 1.54) is 12.8 Å². The van der Waals surface area contributed by atoms with Gasteiger partial charge in [-0.3, -0.25) is 0 Å². The average Bonchev–Trinajstić information content (AvgIpc) is 2.66. The van der Waals surface area contributed by atoms with Crippen molar-refractivity contribution < 1.29 is 5.11 Å². The molecule has 1 aliphatic carbocycles. The first-order chi connectivity index (χ1) is 7.12. The predicted octanol–water partition coefficient (Wildman–Crippen LogP) is 0.866. The van der Waals surface area contributed by atoms with Gasteiger partial charge in [0, 0.05) is 18.5 Å². The molecule has 1 heterocycles. The molecule has 0 radical (unpaired) electrons. The third-order valence-corrected chi connectivity index (χ3v) is 4.60. The van der Waals surface area contributed by atoms with Crippen molar-refractivity contribution in [2.45, 2.75) is 44.6 Å². The number of nitrogens with two attached hydrogens (primary N) is 1. The smallest absolute Gasteiger partial charge is 0.0851 e. The van der Waals surface area contributed by atoms with E-state index in [1.807, 2.05) is 0 Å². The summed E-state index contributed by atoms with van der Waals surface area (Å²) in [6, 6.07) is 0. The molecule has 0 aromatic rings. The Morgan fingerprint density at radius 2 is 2.27 bits per heavy atom. The molecule has 1 saturated carbocycles. The number of aliphatic hydroxyl groups is 1. The van der Waals surface area contributed by atoms with Crippen LogP contribution in [0.1, 0.15) is 39.0 Å². The Morgan fingerprint density at radius 3 is 2.80 bits per heavy atom. The van der Waals surface area contributed by atoms with Gasteiger partial charge in [0.1, 0.15) is 0 Å². The van der Waals surface area contributed by atoms with Crippen LogP contribution in [0.15, 0.2) is 0 Å². The lowest BCUT2D eigenvalue weighted by atomic mass is 9.60. The highest BCUT2D eigenvalue weighted by molar-refractivity contribution is 5.05. The Balaban J connectivity index is 2.19. The quantitative estimate of drug-likeness (QED) is 0.636. The fourth-order valence-electron chi connectivity index (χ4n) is 3.59. The maximum atomic E-state index is 10.7. The fraction of sp³-hybridized carbons (Fsp3) is 1.00.